The Labute approximate surface area is 282 Å². The molecule has 0 N–H and O–H groups in total. The number of rotatable bonds is 2. The number of allylic oxidation sites excluding steroid dienone is 1. The first-order valence-electron chi connectivity index (χ1n) is 17.0. The van der Waals surface area contributed by atoms with E-state index in [2.05, 4.69) is 183 Å². The summed E-state index contributed by atoms with van der Waals surface area (Å²) in [5.74, 6) is 0. The highest BCUT2D eigenvalue weighted by Gasteiger charge is 2.51. The van der Waals surface area contributed by atoms with Crippen molar-refractivity contribution >= 4 is 28.2 Å². The summed E-state index contributed by atoms with van der Waals surface area (Å²) in [6, 6.07) is 57.1. The molecule has 0 saturated heterocycles. The van der Waals surface area contributed by atoms with Gasteiger partial charge in [-0.25, -0.2) is 0 Å². The molecule has 1 aliphatic heterocycles. The highest BCUT2D eigenvalue weighted by Crippen LogP contribution is 2.63. The van der Waals surface area contributed by atoms with Crippen molar-refractivity contribution in [2.75, 3.05) is 11.9 Å². The highest BCUT2D eigenvalue weighted by molar-refractivity contribution is 5.95. The van der Waals surface area contributed by atoms with E-state index in [-0.39, 0.29) is 5.41 Å². The Morgan fingerprint density at radius 1 is 0.521 bits per heavy atom. The maximum atomic E-state index is 2.56. The Bertz CT molecular complexity index is 2430. The number of hydrogen-bond donors (Lipinski definition) is 0. The summed E-state index contributed by atoms with van der Waals surface area (Å²) in [5, 5.41) is 2.54. The van der Waals surface area contributed by atoms with Crippen molar-refractivity contribution in [2.24, 2.45) is 0 Å². The third-order valence-corrected chi connectivity index (χ3v) is 11.5. The Morgan fingerprint density at radius 2 is 1.12 bits per heavy atom. The first-order valence-corrected chi connectivity index (χ1v) is 17.0. The quantitative estimate of drug-likeness (QED) is 0.187. The van der Waals surface area contributed by atoms with Crippen LogP contribution in [0.25, 0.3) is 39.1 Å². The number of hydrogen-bond acceptors (Lipinski definition) is 1. The number of benzene rings is 7. The Morgan fingerprint density at radius 3 is 1.92 bits per heavy atom. The lowest BCUT2D eigenvalue weighted by molar-refractivity contribution is 0.585. The van der Waals surface area contributed by atoms with Gasteiger partial charge in [-0.2, -0.15) is 0 Å². The number of nitrogens with zero attached hydrogens (tertiary/aromatic N) is 1. The van der Waals surface area contributed by atoms with Crippen molar-refractivity contribution in [1.82, 2.24) is 0 Å². The van der Waals surface area contributed by atoms with Gasteiger partial charge in [0.1, 0.15) is 0 Å². The van der Waals surface area contributed by atoms with Crippen molar-refractivity contribution in [3.05, 3.63) is 197 Å². The van der Waals surface area contributed by atoms with E-state index < -0.39 is 5.41 Å². The summed E-state index contributed by atoms with van der Waals surface area (Å²) in [6.45, 7) is 2.41. The summed E-state index contributed by atoms with van der Waals surface area (Å²) in [4.78, 5) is 2.38. The van der Waals surface area contributed by atoms with Crippen LogP contribution < -0.4 is 4.90 Å². The largest absolute Gasteiger partial charge is 0.344 e. The lowest BCUT2D eigenvalue weighted by Crippen LogP contribution is -2.36. The van der Waals surface area contributed by atoms with Gasteiger partial charge in [0.05, 0.1) is 5.41 Å². The predicted molar refractivity (Wildman–Crippen MR) is 201 cm³/mol. The fourth-order valence-corrected chi connectivity index (χ4v) is 9.03. The van der Waals surface area contributed by atoms with Crippen molar-refractivity contribution in [2.45, 2.75) is 24.2 Å². The molecule has 228 valence electrons. The van der Waals surface area contributed by atoms with E-state index in [1.165, 1.54) is 83.3 Å². The predicted octanol–water partition coefficient (Wildman–Crippen LogP) is 11.5. The SMILES string of the molecule is CN1c2ccccc2C2(c3cc(-c4ccc5ccccc5c4)ccc3-c3ccc(C4(C)C=Cc5ccccc5C4)cc32)c2ccccc21. The second kappa shape index (κ2) is 9.92. The molecule has 1 nitrogen and oxygen atoms in total. The van der Waals surface area contributed by atoms with E-state index in [1.807, 2.05) is 0 Å². The maximum Gasteiger partial charge on any atom is 0.0754 e. The van der Waals surface area contributed by atoms with E-state index in [0.29, 0.717) is 0 Å². The van der Waals surface area contributed by atoms with E-state index in [1.54, 1.807) is 0 Å². The van der Waals surface area contributed by atoms with E-state index in [9.17, 15) is 0 Å². The summed E-state index contributed by atoms with van der Waals surface area (Å²) in [5.41, 5.74) is 16.6. The molecule has 7 aromatic carbocycles. The third-order valence-electron chi connectivity index (χ3n) is 11.5. The van der Waals surface area contributed by atoms with Crippen LogP contribution in [0.2, 0.25) is 0 Å². The fraction of sp³-hybridized carbons (Fsp3) is 0.106. The third kappa shape index (κ3) is 3.67. The molecule has 0 bridgehead atoms. The zero-order chi connectivity index (χ0) is 32.0. The van der Waals surface area contributed by atoms with Gasteiger partial charge in [0.15, 0.2) is 0 Å². The molecule has 2 aliphatic carbocycles. The van der Waals surface area contributed by atoms with Gasteiger partial charge in [-0.15, -0.1) is 0 Å². The van der Waals surface area contributed by atoms with Crippen LogP contribution in [-0.4, -0.2) is 7.05 Å². The summed E-state index contributed by atoms with van der Waals surface area (Å²) in [6.07, 6.45) is 5.74. The minimum Gasteiger partial charge on any atom is -0.344 e. The fourth-order valence-electron chi connectivity index (χ4n) is 9.03. The van der Waals surface area contributed by atoms with Crippen molar-refractivity contribution in [1.29, 1.82) is 0 Å². The van der Waals surface area contributed by atoms with Crippen molar-refractivity contribution < 1.29 is 0 Å². The molecule has 0 fully saturated rings. The van der Waals surface area contributed by atoms with Gasteiger partial charge in [0.25, 0.3) is 0 Å². The molecular weight excluding hydrogens is 579 g/mol. The number of fused-ring (bicyclic) bond motifs is 11. The first kappa shape index (κ1) is 27.5. The zero-order valence-corrected chi connectivity index (χ0v) is 27.2. The molecule has 1 unspecified atom stereocenters. The normalized spacial score (nSPS) is 17.8. The molecule has 0 aromatic heterocycles. The molecule has 48 heavy (non-hydrogen) atoms. The molecule has 0 saturated carbocycles. The van der Waals surface area contributed by atoms with E-state index in [0.717, 1.165) is 6.42 Å². The molecule has 3 aliphatic rings. The molecular formula is C47H35N. The minimum absolute atomic E-state index is 0.111. The van der Waals surface area contributed by atoms with Gasteiger partial charge in [-0.3, -0.25) is 0 Å². The lowest BCUT2D eigenvalue weighted by Gasteiger charge is -2.44. The maximum absolute atomic E-state index is 2.56. The summed E-state index contributed by atoms with van der Waals surface area (Å²) < 4.78 is 0. The van der Waals surface area contributed by atoms with Gasteiger partial charge in [0, 0.05) is 23.8 Å². The van der Waals surface area contributed by atoms with Crippen LogP contribution >= 0.6 is 0 Å². The molecule has 1 atom stereocenters. The van der Waals surface area contributed by atoms with Crippen LogP contribution in [0.5, 0.6) is 0 Å². The Balaban J connectivity index is 1.26. The Hall–Kier alpha value is -5.66. The van der Waals surface area contributed by atoms with E-state index >= 15 is 0 Å². The molecule has 0 amide bonds. The number of anilines is 2. The van der Waals surface area contributed by atoms with Crippen molar-refractivity contribution in [3.63, 3.8) is 0 Å². The average molecular weight is 614 g/mol. The summed E-state index contributed by atoms with van der Waals surface area (Å²) in [7, 11) is 2.22. The zero-order valence-electron chi connectivity index (χ0n) is 27.2. The average Bonchev–Trinajstić information content (AvgIpc) is 3.43. The van der Waals surface area contributed by atoms with Crippen LogP contribution in [0.1, 0.15) is 45.9 Å². The monoisotopic (exact) mass is 613 g/mol. The second-order valence-corrected chi connectivity index (χ2v) is 14.1. The van der Waals surface area contributed by atoms with Crippen molar-refractivity contribution in [3.8, 4) is 22.3 Å². The van der Waals surface area contributed by atoms with E-state index in [4.69, 9.17) is 0 Å². The number of para-hydroxylation sites is 2. The molecule has 1 heteroatoms. The first-order chi connectivity index (χ1) is 23.5. The van der Waals surface area contributed by atoms with Crippen LogP contribution in [0, 0.1) is 0 Å². The molecule has 0 radical (unpaired) electrons. The lowest BCUT2D eigenvalue weighted by atomic mass is 9.63. The standard InChI is InChI=1S/C47H35N/c1-46(26-25-32-12-4-6-14-36(32)30-46)37-22-24-39-38-23-21-35(34-20-19-31-11-3-5-13-33(31)27-34)28-42(38)47(43(39)29-37)40-15-7-9-17-44(40)48(2)45-18-10-8-16-41(45)47/h3-29H,30H2,1-2H3. The topological polar surface area (TPSA) is 3.24 Å². The highest BCUT2D eigenvalue weighted by atomic mass is 15.1. The smallest absolute Gasteiger partial charge is 0.0754 e. The van der Waals surface area contributed by atoms with Crippen LogP contribution in [-0.2, 0) is 17.3 Å². The second-order valence-electron chi connectivity index (χ2n) is 14.1. The van der Waals surface area contributed by atoms with Gasteiger partial charge in [0.2, 0.25) is 0 Å². The van der Waals surface area contributed by atoms with Crippen LogP contribution in [0.15, 0.2) is 158 Å². The van der Waals surface area contributed by atoms with Crippen LogP contribution in [0.3, 0.4) is 0 Å². The molecule has 10 rings (SSSR count). The van der Waals surface area contributed by atoms with Gasteiger partial charge in [-0.1, -0.05) is 146 Å². The minimum atomic E-state index is -0.458. The van der Waals surface area contributed by atoms with Gasteiger partial charge < -0.3 is 4.90 Å². The van der Waals surface area contributed by atoms with Gasteiger partial charge >= 0.3 is 0 Å². The Kier molecular flexibility index (Phi) is 5.67. The summed E-state index contributed by atoms with van der Waals surface area (Å²) >= 11 is 0. The molecule has 1 heterocycles. The van der Waals surface area contributed by atoms with Gasteiger partial charge in [-0.05, 0) is 103 Å². The molecule has 7 aromatic rings. The van der Waals surface area contributed by atoms with Crippen LogP contribution in [0.4, 0.5) is 11.4 Å². The molecule has 1 spiro atoms.